The molecule has 0 N–H and O–H groups in total. The smallest absolute Gasteiger partial charge is 0.492 e. The predicted octanol–water partition coefficient (Wildman–Crippen LogP) is -0.995. The number of hydrogen-bond donors (Lipinski definition) is 0. The molecule has 1 aliphatic rings. The Bertz CT molecular complexity index is 414. The van der Waals surface area contributed by atoms with Crippen LogP contribution in [0.1, 0.15) is 19.3 Å². The zero-order valence-electron chi connectivity index (χ0n) is 11.7. The topological polar surface area (TPSA) is 25.4 Å². The van der Waals surface area contributed by atoms with Crippen LogP contribution in [0.15, 0.2) is 18.5 Å². The summed E-state index contributed by atoms with van der Waals surface area (Å²) in [6, 6.07) is 1.02. The van der Waals surface area contributed by atoms with E-state index in [-0.39, 0.29) is 57.1 Å². The predicted molar refractivity (Wildman–Crippen MR) is 68.7 cm³/mol. The first kappa shape index (κ1) is 18.5. The number of likely N-dealkylation sites (tertiary alicyclic amines) is 1. The summed E-state index contributed by atoms with van der Waals surface area (Å²) in [5.41, 5.74) is -0.711. The molecule has 0 spiro atoms. The molecule has 0 saturated carbocycles. The van der Waals surface area contributed by atoms with Crippen molar-refractivity contribution in [3.8, 4) is 5.75 Å². The molecule has 8 heteroatoms. The monoisotopic (exact) mass is 312 g/mol. The fraction of sp³-hybridized carbons (Fsp3) is 0.583. The number of halogens is 3. The number of pyridine rings is 1. The molecule has 0 atom stereocenters. The molecule has 1 aromatic rings. The van der Waals surface area contributed by atoms with E-state index < -0.39 is 12.4 Å². The summed E-state index contributed by atoms with van der Waals surface area (Å²) in [6.45, 7) is -1.41. The fourth-order valence-electron chi connectivity index (χ4n) is 2.18. The van der Waals surface area contributed by atoms with Gasteiger partial charge in [0.1, 0.15) is 5.75 Å². The second-order valence-electron chi connectivity index (χ2n) is 4.78. The summed E-state index contributed by atoms with van der Waals surface area (Å²) in [7, 11) is 0. The van der Waals surface area contributed by atoms with E-state index in [1.165, 1.54) is 19.0 Å². The molecular formula is C12H17BF3KN2O. The molecule has 0 amide bonds. The zero-order chi connectivity index (χ0) is 13.7. The average Bonchev–Trinajstić information content (AvgIpc) is 2.87. The van der Waals surface area contributed by atoms with E-state index in [1.54, 1.807) is 0 Å². The Morgan fingerprint density at radius 1 is 1.20 bits per heavy atom. The van der Waals surface area contributed by atoms with Crippen molar-refractivity contribution in [3.63, 3.8) is 0 Å². The van der Waals surface area contributed by atoms with Crippen molar-refractivity contribution in [2.45, 2.75) is 19.3 Å². The van der Waals surface area contributed by atoms with Crippen molar-refractivity contribution < 1.29 is 69.1 Å². The van der Waals surface area contributed by atoms with Crippen molar-refractivity contribution in [3.05, 3.63) is 18.5 Å². The number of ether oxygens (including phenoxy) is 1. The van der Waals surface area contributed by atoms with Crippen LogP contribution in [0.3, 0.4) is 0 Å². The third-order valence-electron chi connectivity index (χ3n) is 3.20. The number of hydrogen-bond acceptors (Lipinski definition) is 3. The minimum atomic E-state index is -5.01. The third kappa shape index (κ3) is 6.03. The quantitative estimate of drug-likeness (QED) is 0.498. The summed E-state index contributed by atoms with van der Waals surface area (Å²) in [6.07, 6.45) is 5.45. The van der Waals surface area contributed by atoms with Crippen LogP contribution in [0.4, 0.5) is 12.9 Å². The van der Waals surface area contributed by atoms with E-state index in [0.29, 0.717) is 6.61 Å². The van der Waals surface area contributed by atoms with E-state index in [0.717, 1.165) is 38.3 Å². The molecule has 20 heavy (non-hydrogen) atoms. The largest absolute Gasteiger partial charge is 1.00 e. The van der Waals surface area contributed by atoms with Crippen LogP contribution in [0.5, 0.6) is 5.75 Å². The summed E-state index contributed by atoms with van der Waals surface area (Å²) in [4.78, 5) is 5.91. The maximum atomic E-state index is 12.5. The van der Waals surface area contributed by atoms with Gasteiger partial charge in [-0.1, -0.05) is 5.46 Å². The van der Waals surface area contributed by atoms with Crippen LogP contribution in [0, 0.1) is 0 Å². The molecule has 0 radical (unpaired) electrons. The van der Waals surface area contributed by atoms with Gasteiger partial charge in [0.25, 0.3) is 0 Å². The molecule has 106 valence electrons. The van der Waals surface area contributed by atoms with Crippen LogP contribution in [-0.2, 0) is 0 Å². The normalized spacial score (nSPS) is 15.9. The van der Waals surface area contributed by atoms with Crippen molar-refractivity contribution in [1.82, 2.24) is 9.88 Å². The molecule has 1 saturated heterocycles. The van der Waals surface area contributed by atoms with Gasteiger partial charge in [-0.2, -0.15) is 0 Å². The van der Waals surface area contributed by atoms with E-state index in [2.05, 4.69) is 9.88 Å². The van der Waals surface area contributed by atoms with Gasteiger partial charge in [-0.25, -0.2) is 0 Å². The van der Waals surface area contributed by atoms with Gasteiger partial charge in [-0.15, -0.1) is 0 Å². The molecule has 1 aromatic heterocycles. The van der Waals surface area contributed by atoms with Gasteiger partial charge in [0.2, 0.25) is 0 Å². The Morgan fingerprint density at radius 3 is 2.55 bits per heavy atom. The van der Waals surface area contributed by atoms with Gasteiger partial charge in [0.05, 0.1) is 12.8 Å². The Balaban J connectivity index is 0.00000200. The minimum absolute atomic E-state index is 0. The average molecular weight is 312 g/mol. The molecule has 0 unspecified atom stereocenters. The molecule has 1 aliphatic heterocycles. The first-order valence-electron chi connectivity index (χ1n) is 6.56. The standard InChI is InChI=1S/C12H17BF3N2O.K/c14-13(15,16)11-8-12(10-17-9-11)19-7-3-6-18-4-1-2-5-18;/h8-10H,1-7H2;/q-1;+1. The number of nitrogens with zero attached hydrogens (tertiary/aromatic N) is 2. The number of aromatic nitrogens is 1. The van der Waals surface area contributed by atoms with Gasteiger partial charge in [0.15, 0.2) is 0 Å². The summed E-state index contributed by atoms with van der Waals surface area (Å²) < 4.78 is 42.9. The van der Waals surface area contributed by atoms with Crippen LogP contribution < -0.4 is 61.6 Å². The Kier molecular flexibility index (Phi) is 8.07. The van der Waals surface area contributed by atoms with Gasteiger partial charge in [0, 0.05) is 12.7 Å². The van der Waals surface area contributed by atoms with Crippen LogP contribution >= 0.6 is 0 Å². The second-order valence-corrected chi connectivity index (χ2v) is 4.78. The molecule has 0 bridgehead atoms. The number of rotatable bonds is 6. The van der Waals surface area contributed by atoms with Crippen molar-refractivity contribution in [1.29, 1.82) is 0 Å². The van der Waals surface area contributed by atoms with Gasteiger partial charge >= 0.3 is 58.4 Å². The van der Waals surface area contributed by atoms with Crippen molar-refractivity contribution in [2.24, 2.45) is 0 Å². The Hall–Kier alpha value is 0.401. The van der Waals surface area contributed by atoms with Gasteiger partial charge in [-0.3, -0.25) is 4.98 Å². The van der Waals surface area contributed by atoms with Crippen LogP contribution in [-0.4, -0.2) is 43.1 Å². The molecular weight excluding hydrogens is 295 g/mol. The van der Waals surface area contributed by atoms with E-state index in [4.69, 9.17) is 4.74 Å². The van der Waals surface area contributed by atoms with Crippen LogP contribution in [0.25, 0.3) is 0 Å². The third-order valence-corrected chi connectivity index (χ3v) is 3.20. The van der Waals surface area contributed by atoms with E-state index >= 15 is 0 Å². The van der Waals surface area contributed by atoms with Crippen LogP contribution in [0.2, 0.25) is 0 Å². The summed E-state index contributed by atoms with van der Waals surface area (Å²) in [5, 5.41) is 0. The maximum Gasteiger partial charge on any atom is 1.00 e. The molecule has 1 fully saturated rings. The van der Waals surface area contributed by atoms with E-state index in [9.17, 15) is 12.9 Å². The zero-order valence-corrected chi connectivity index (χ0v) is 14.8. The molecule has 2 rings (SSSR count). The van der Waals surface area contributed by atoms with E-state index in [1.807, 2.05) is 0 Å². The first-order valence-corrected chi connectivity index (χ1v) is 6.56. The molecule has 3 nitrogen and oxygen atoms in total. The SMILES string of the molecule is F[B-](F)(F)c1cncc(OCCCN2CCCC2)c1.[K+]. The molecule has 0 aliphatic carbocycles. The Morgan fingerprint density at radius 2 is 1.90 bits per heavy atom. The maximum absolute atomic E-state index is 12.5. The minimum Gasteiger partial charge on any atom is -0.492 e. The van der Waals surface area contributed by atoms with Crippen molar-refractivity contribution >= 4 is 12.4 Å². The molecule has 0 aromatic carbocycles. The summed E-state index contributed by atoms with van der Waals surface area (Å²) >= 11 is 0. The van der Waals surface area contributed by atoms with Crippen molar-refractivity contribution in [2.75, 3.05) is 26.2 Å². The first-order chi connectivity index (χ1) is 9.05. The summed E-state index contributed by atoms with van der Waals surface area (Å²) in [5.74, 6) is 0.193. The second kappa shape index (κ2) is 8.75. The fourth-order valence-corrected chi connectivity index (χ4v) is 2.18. The molecule has 2 heterocycles. The van der Waals surface area contributed by atoms with Gasteiger partial charge in [-0.05, 0) is 38.4 Å². The van der Waals surface area contributed by atoms with Gasteiger partial charge < -0.3 is 22.6 Å². The Labute approximate surface area is 159 Å².